The highest BCUT2D eigenvalue weighted by Crippen LogP contribution is 2.09. The lowest BCUT2D eigenvalue weighted by atomic mass is 10.0. The van der Waals surface area contributed by atoms with Crippen molar-refractivity contribution in [3.8, 4) is 0 Å². The number of hydrogen-bond acceptors (Lipinski definition) is 3. The summed E-state index contributed by atoms with van der Waals surface area (Å²) in [5, 5.41) is 14.1. The monoisotopic (exact) mass is 288 g/mol. The topological polar surface area (TPSA) is 87.7 Å². The highest BCUT2D eigenvalue weighted by atomic mass is 16.5. The van der Waals surface area contributed by atoms with Crippen LogP contribution in [0.3, 0.4) is 0 Å². The van der Waals surface area contributed by atoms with Crippen molar-refractivity contribution in [3.63, 3.8) is 0 Å². The van der Waals surface area contributed by atoms with E-state index < -0.39 is 5.97 Å². The minimum absolute atomic E-state index is 0.176. The number of hydrogen-bond donors (Lipinski definition) is 3. The van der Waals surface area contributed by atoms with Gasteiger partial charge in [0.15, 0.2) is 0 Å². The largest absolute Gasteiger partial charge is 0.481 e. The van der Waals surface area contributed by atoms with Gasteiger partial charge >= 0.3 is 12.0 Å². The molecule has 3 N–H and O–H groups in total. The molecule has 0 aliphatic heterocycles. The number of carboxylic acids is 1. The Morgan fingerprint density at radius 1 is 1.25 bits per heavy atom. The SMILES string of the molecule is CCOC(C)(C)CNC(=O)NCCC(C)CCC(=O)O. The highest BCUT2D eigenvalue weighted by molar-refractivity contribution is 5.73. The summed E-state index contributed by atoms with van der Waals surface area (Å²) >= 11 is 0. The molecule has 0 aliphatic rings. The molecule has 1 unspecified atom stereocenters. The number of amides is 2. The standard InChI is InChI=1S/C14H28N2O4/c1-5-20-14(3,4)10-16-13(19)15-9-8-11(2)6-7-12(17)18/h11H,5-10H2,1-4H3,(H,17,18)(H2,15,16,19). The molecule has 118 valence electrons. The zero-order valence-corrected chi connectivity index (χ0v) is 13.0. The van der Waals surface area contributed by atoms with Gasteiger partial charge in [0.25, 0.3) is 0 Å². The predicted molar refractivity (Wildman–Crippen MR) is 77.8 cm³/mol. The van der Waals surface area contributed by atoms with Gasteiger partial charge < -0.3 is 20.5 Å². The van der Waals surface area contributed by atoms with E-state index in [1.807, 2.05) is 27.7 Å². The first-order valence-electron chi connectivity index (χ1n) is 7.14. The van der Waals surface area contributed by atoms with Crippen LogP contribution in [0.5, 0.6) is 0 Å². The molecule has 0 saturated heterocycles. The van der Waals surface area contributed by atoms with Gasteiger partial charge in [-0.05, 0) is 39.5 Å². The number of ether oxygens (including phenoxy) is 1. The lowest BCUT2D eigenvalue weighted by molar-refractivity contribution is -0.137. The number of carbonyl (C=O) groups is 2. The van der Waals surface area contributed by atoms with Crippen molar-refractivity contribution in [3.05, 3.63) is 0 Å². The molecule has 1 atom stereocenters. The van der Waals surface area contributed by atoms with Crippen LogP contribution in [0.15, 0.2) is 0 Å². The minimum atomic E-state index is -0.777. The van der Waals surface area contributed by atoms with Crippen LogP contribution in [-0.4, -0.2) is 42.4 Å². The molecule has 0 aromatic rings. The molecule has 2 amide bonds. The second-order valence-corrected chi connectivity index (χ2v) is 5.63. The first kappa shape index (κ1) is 18.7. The zero-order chi connectivity index (χ0) is 15.6. The maximum absolute atomic E-state index is 11.6. The smallest absolute Gasteiger partial charge is 0.314 e. The van der Waals surface area contributed by atoms with Gasteiger partial charge in [0, 0.05) is 26.1 Å². The summed E-state index contributed by atoms with van der Waals surface area (Å²) in [5.74, 6) is -0.494. The summed E-state index contributed by atoms with van der Waals surface area (Å²) in [6, 6.07) is -0.219. The fourth-order valence-corrected chi connectivity index (χ4v) is 1.74. The van der Waals surface area contributed by atoms with Gasteiger partial charge in [0.2, 0.25) is 0 Å². The second-order valence-electron chi connectivity index (χ2n) is 5.63. The number of carbonyl (C=O) groups excluding carboxylic acids is 1. The van der Waals surface area contributed by atoms with Gasteiger partial charge in [-0.3, -0.25) is 4.79 Å². The lowest BCUT2D eigenvalue weighted by Gasteiger charge is -2.25. The van der Waals surface area contributed by atoms with Gasteiger partial charge in [-0.1, -0.05) is 6.92 Å². The van der Waals surface area contributed by atoms with Crippen LogP contribution in [0.2, 0.25) is 0 Å². The molecular weight excluding hydrogens is 260 g/mol. The van der Waals surface area contributed by atoms with Gasteiger partial charge in [-0.25, -0.2) is 4.79 Å². The van der Waals surface area contributed by atoms with E-state index in [9.17, 15) is 9.59 Å². The minimum Gasteiger partial charge on any atom is -0.481 e. The van der Waals surface area contributed by atoms with E-state index in [-0.39, 0.29) is 24.0 Å². The number of rotatable bonds is 10. The molecule has 6 nitrogen and oxygen atoms in total. The van der Waals surface area contributed by atoms with Crippen molar-refractivity contribution >= 4 is 12.0 Å². The maximum Gasteiger partial charge on any atom is 0.314 e. The normalized spacial score (nSPS) is 12.8. The molecule has 0 aromatic carbocycles. The summed E-state index contributed by atoms with van der Waals surface area (Å²) in [7, 11) is 0. The van der Waals surface area contributed by atoms with Crippen molar-refractivity contribution in [2.24, 2.45) is 5.92 Å². The Labute approximate surface area is 121 Å². The second kappa shape index (κ2) is 9.58. The molecule has 0 rings (SSSR count). The van der Waals surface area contributed by atoms with Crippen LogP contribution in [0.25, 0.3) is 0 Å². The third-order valence-electron chi connectivity index (χ3n) is 2.98. The van der Waals surface area contributed by atoms with Crippen LogP contribution >= 0.6 is 0 Å². The molecule has 0 radical (unpaired) electrons. The Bertz CT molecular complexity index is 306. The summed E-state index contributed by atoms with van der Waals surface area (Å²) in [5.41, 5.74) is -0.374. The van der Waals surface area contributed by atoms with E-state index in [2.05, 4.69) is 10.6 Å². The van der Waals surface area contributed by atoms with E-state index in [0.717, 1.165) is 6.42 Å². The van der Waals surface area contributed by atoms with Crippen molar-refractivity contribution in [1.82, 2.24) is 10.6 Å². The van der Waals surface area contributed by atoms with Crippen LogP contribution in [0.1, 0.15) is 47.0 Å². The molecule has 0 heterocycles. The Balaban J connectivity index is 3.70. The van der Waals surface area contributed by atoms with Gasteiger partial charge in [-0.2, -0.15) is 0 Å². The molecule has 6 heteroatoms. The summed E-state index contributed by atoms with van der Waals surface area (Å²) in [6.07, 6.45) is 1.58. The van der Waals surface area contributed by atoms with Crippen LogP contribution in [0, 0.1) is 5.92 Å². The Hall–Kier alpha value is -1.30. The third-order valence-corrected chi connectivity index (χ3v) is 2.98. The lowest BCUT2D eigenvalue weighted by Crippen LogP contribution is -2.45. The van der Waals surface area contributed by atoms with Crippen molar-refractivity contribution < 1.29 is 19.4 Å². The van der Waals surface area contributed by atoms with E-state index in [1.54, 1.807) is 0 Å². The number of nitrogens with one attached hydrogen (secondary N) is 2. The predicted octanol–water partition coefficient (Wildman–Crippen LogP) is 1.99. The van der Waals surface area contributed by atoms with Gasteiger partial charge in [0.1, 0.15) is 0 Å². The fraction of sp³-hybridized carbons (Fsp3) is 0.857. The molecule has 0 saturated carbocycles. The third kappa shape index (κ3) is 10.6. The zero-order valence-electron chi connectivity index (χ0n) is 13.0. The first-order chi connectivity index (χ1) is 9.26. The fourth-order valence-electron chi connectivity index (χ4n) is 1.74. The Kier molecular flexibility index (Phi) is 8.96. The van der Waals surface area contributed by atoms with E-state index in [4.69, 9.17) is 9.84 Å². The summed E-state index contributed by atoms with van der Waals surface area (Å²) < 4.78 is 5.48. The highest BCUT2D eigenvalue weighted by Gasteiger charge is 2.18. The van der Waals surface area contributed by atoms with Crippen LogP contribution < -0.4 is 10.6 Å². The molecule has 20 heavy (non-hydrogen) atoms. The van der Waals surface area contributed by atoms with E-state index in [0.29, 0.717) is 26.1 Å². The molecular formula is C14H28N2O4. The average molecular weight is 288 g/mol. The van der Waals surface area contributed by atoms with Crippen molar-refractivity contribution in [2.45, 2.75) is 52.6 Å². The van der Waals surface area contributed by atoms with Crippen molar-refractivity contribution in [1.29, 1.82) is 0 Å². The van der Waals surface area contributed by atoms with Gasteiger partial charge in [0.05, 0.1) is 5.60 Å². The van der Waals surface area contributed by atoms with Crippen LogP contribution in [-0.2, 0) is 9.53 Å². The van der Waals surface area contributed by atoms with Gasteiger partial charge in [-0.15, -0.1) is 0 Å². The first-order valence-corrected chi connectivity index (χ1v) is 7.14. The maximum atomic E-state index is 11.6. The van der Waals surface area contributed by atoms with E-state index in [1.165, 1.54) is 0 Å². The molecule has 0 bridgehead atoms. The molecule has 0 aromatic heterocycles. The molecule has 0 aliphatic carbocycles. The van der Waals surface area contributed by atoms with Crippen LogP contribution in [0.4, 0.5) is 4.79 Å². The van der Waals surface area contributed by atoms with Crippen molar-refractivity contribution in [2.75, 3.05) is 19.7 Å². The van der Waals surface area contributed by atoms with E-state index >= 15 is 0 Å². The molecule has 0 fully saturated rings. The number of carboxylic acid groups (broad SMARTS) is 1. The average Bonchev–Trinajstić information content (AvgIpc) is 2.34. The molecule has 0 spiro atoms. The summed E-state index contributed by atoms with van der Waals surface area (Å²) in [6.45, 7) is 9.34. The quantitative estimate of drug-likeness (QED) is 0.573. The number of aliphatic carboxylic acids is 1. The Morgan fingerprint density at radius 2 is 1.90 bits per heavy atom. The summed E-state index contributed by atoms with van der Waals surface area (Å²) in [4.78, 5) is 22.0. The number of urea groups is 1. The Morgan fingerprint density at radius 3 is 2.45 bits per heavy atom.